The average molecular weight is 186 g/mol. The maximum atomic E-state index is 11.9. The Morgan fingerprint density at radius 1 is 1.62 bits per heavy atom. The topological polar surface area (TPSA) is 35.5 Å². The Kier molecular flexibility index (Phi) is 3.45. The van der Waals surface area contributed by atoms with E-state index < -0.39 is 5.60 Å². The fraction of sp³-hybridized carbons (Fsp3) is 0.900. The van der Waals surface area contributed by atoms with Crippen molar-refractivity contribution in [3.63, 3.8) is 0 Å². The highest BCUT2D eigenvalue weighted by Gasteiger charge is 2.35. The van der Waals surface area contributed by atoms with Crippen LogP contribution in [-0.4, -0.2) is 31.2 Å². The Labute approximate surface area is 79.4 Å². The van der Waals surface area contributed by atoms with E-state index in [1.54, 1.807) is 0 Å². The molecule has 0 N–H and O–H groups in total. The van der Waals surface area contributed by atoms with Crippen LogP contribution in [0.1, 0.15) is 27.2 Å². The van der Waals surface area contributed by atoms with Gasteiger partial charge in [0.2, 0.25) is 0 Å². The van der Waals surface area contributed by atoms with Gasteiger partial charge < -0.3 is 9.47 Å². The summed E-state index contributed by atoms with van der Waals surface area (Å²) in [7, 11) is 0. The summed E-state index contributed by atoms with van der Waals surface area (Å²) in [6, 6.07) is 0. The molecule has 1 heterocycles. The van der Waals surface area contributed by atoms with Crippen molar-refractivity contribution in [1.82, 2.24) is 0 Å². The number of hydrogen-bond acceptors (Lipinski definition) is 3. The highest BCUT2D eigenvalue weighted by atomic mass is 16.5. The standard InChI is InChI=1S/C10H18O3/c1-4-13-10(2,3)9(11)8-5-6-12-7-8/h8H,4-7H2,1-3H3. The Hall–Kier alpha value is -0.410. The van der Waals surface area contributed by atoms with Gasteiger partial charge >= 0.3 is 0 Å². The first-order chi connectivity index (χ1) is 6.08. The van der Waals surface area contributed by atoms with Gasteiger partial charge in [-0.15, -0.1) is 0 Å². The smallest absolute Gasteiger partial charge is 0.169 e. The van der Waals surface area contributed by atoms with Crippen LogP contribution in [0.15, 0.2) is 0 Å². The molecule has 0 aliphatic carbocycles. The van der Waals surface area contributed by atoms with Gasteiger partial charge in [-0.3, -0.25) is 4.79 Å². The van der Waals surface area contributed by atoms with Gasteiger partial charge in [-0.25, -0.2) is 0 Å². The molecule has 1 rings (SSSR count). The van der Waals surface area contributed by atoms with E-state index in [4.69, 9.17) is 9.47 Å². The molecule has 1 aliphatic heterocycles. The first kappa shape index (κ1) is 10.7. The Morgan fingerprint density at radius 2 is 2.31 bits per heavy atom. The normalized spacial score (nSPS) is 23.5. The van der Waals surface area contributed by atoms with Gasteiger partial charge in [0, 0.05) is 19.1 Å². The summed E-state index contributed by atoms with van der Waals surface area (Å²) in [5.74, 6) is 0.216. The molecule has 0 radical (unpaired) electrons. The van der Waals surface area contributed by atoms with Gasteiger partial charge in [-0.1, -0.05) is 0 Å². The van der Waals surface area contributed by atoms with Gasteiger partial charge in [0.05, 0.1) is 6.61 Å². The lowest BCUT2D eigenvalue weighted by molar-refractivity contribution is -0.144. The highest BCUT2D eigenvalue weighted by molar-refractivity contribution is 5.88. The number of ketones is 1. The molecule has 1 saturated heterocycles. The molecule has 1 aliphatic rings. The van der Waals surface area contributed by atoms with E-state index in [9.17, 15) is 4.79 Å². The third kappa shape index (κ3) is 2.51. The molecule has 3 nitrogen and oxygen atoms in total. The largest absolute Gasteiger partial charge is 0.381 e. The Morgan fingerprint density at radius 3 is 2.77 bits per heavy atom. The summed E-state index contributed by atoms with van der Waals surface area (Å²) in [5.41, 5.74) is -0.646. The molecule has 0 amide bonds. The van der Waals surface area contributed by atoms with Crippen molar-refractivity contribution in [2.45, 2.75) is 32.8 Å². The average Bonchev–Trinajstić information content (AvgIpc) is 2.54. The van der Waals surface area contributed by atoms with Crippen LogP contribution in [0.5, 0.6) is 0 Å². The number of carbonyl (C=O) groups excluding carboxylic acids is 1. The van der Waals surface area contributed by atoms with Gasteiger partial charge in [0.15, 0.2) is 5.78 Å². The van der Waals surface area contributed by atoms with Crippen LogP contribution in [0.25, 0.3) is 0 Å². The number of carbonyl (C=O) groups is 1. The number of ether oxygens (including phenoxy) is 2. The highest BCUT2D eigenvalue weighted by Crippen LogP contribution is 2.22. The SMILES string of the molecule is CCOC(C)(C)C(=O)C1CCOC1. The van der Waals surface area contributed by atoms with Gasteiger partial charge in [-0.05, 0) is 27.2 Å². The van der Waals surface area contributed by atoms with E-state index in [0.29, 0.717) is 19.8 Å². The van der Waals surface area contributed by atoms with Crippen molar-refractivity contribution in [2.24, 2.45) is 5.92 Å². The predicted molar refractivity (Wildman–Crippen MR) is 49.6 cm³/mol. The molecule has 0 spiro atoms. The fourth-order valence-corrected chi connectivity index (χ4v) is 1.66. The Bertz CT molecular complexity index is 181. The molecule has 1 fully saturated rings. The molecule has 0 aromatic rings. The van der Waals surface area contributed by atoms with Crippen LogP contribution in [-0.2, 0) is 14.3 Å². The molecule has 0 bridgehead atoms. The molecule has 3 heteroatoms. The summed E-state index contributed by atoms with van der Waals surface area (Å²) < 4.78 is 10.6. The van der Waals surface area contributed by atoms with Crippen LogP contribution in [0.2, 0.25) is 0 Å². The van der Waals surface area contributed by atoms with Gasteiger partial charge in [0.25, 0.3) is 0 Å². The zero-order chi connectivity index (χ0) is 9.90. The van der Waals surface area contributed by atoms with E-state index >= 15 is 0 Å². The second-order valence-corrected chi connectivity index (χ2v) is 3.87. The van der Waals surface area contributed by atoms with E-state index in [1.807, 2.05) is 20.8 Å². The van der Waals surface area contributed by atoms with Crippen LogP contribution in [0.4, 0.5) is 0 Å². The third-order valence-corrected chi connectivity index (χ3v) is 2.40. The summed E-state index contributed by atoms with van der Waals surface area (Å²) in [6.45, 7) is 7.41. The molecule has 0 aromatic carbocycles. The van der Waals surface area contributed by atoms with Crippen LogP contribution in [0.3, 0.4) is 0 Å². The van der Waals surface area contributed by atoms with E-state index in [2.05, 4.69) is 0 Å². The van der Waals surface area contributed by atoms with Crippen LogP contribution in [0, 0.1) is 5.92 Å². The van der Waals surface area contributed by atoms with E-state index in [-0.39, 0.29) is 11.7 Å². The van der Waals surface area contributed by atoms with E-state index in [0.717, 1.165) is 6.42 Å². The van der Waals surface area contributed by atoms with Crippen LogP contribution >= 0.6 is 0 Å². The maximum absolute atomic E-state index is 11.9. The molecule has 0 saturated carbocycles. The number of Topliss-reactive ketones (excluding diaryl/α,β-unsaturated/α-hetero) is 1. The van der Waals surface area contributed by atoms with Crippen molar-refractivity contribution in [3.05, 3.63) is 0 Å². The number of rotatable bonds is 4. The molecule has 1 atom stereocenters. The molecule has 76 valence electrons. The second-order valence-electron chi connectivity index (χ2n) is 3.87. The molecular formula is C10H18O3. The first-order valence-electron chi connectivity index (χ1n) is 4.84. The molecule has 0 aromatic heterocycles. The van der Waals surface area contributed by atoms with Crippen molar-refractivity contribution in [2.75, 3.05) is 19.8 Å². The summed E-state index contributed by atoms with van der Waals surface area (Å²) in [5, 5.41) is 0. The lowest BCUT2D eigenvalue weighted by Crippen LogP contribution is -2.40. The van der Waals surface area contributed by atoms with Crippen LogP contribution < -0.4 is 0 Å². The summed E-state index contributed by atoms with van der Waals surface area (Å²) in [4.78, 5) is 11.9. The zero-order valence-electron chi connectivity index (χ0n) is 8.63. The minimum atomic E-state index is -0.646. The lowest BCUT2D eigenvalue weighted by Gasteiger charge is -2.25. The maximum Gasteiger partial charge on any atom is 0.169 e. The van der Waals surface area contributed by atoms with E-state index in [1.165, 1.54) is 0 Å². The zero-order valence-corrected chi connectivity index (χ0v) is 8.63. The monoisotopic (exact) mass is 186 g/mol. The quantitative estimate of drug-likeness (QED) is 0.666. The fourth-order valence-electron chi connectivity index (χ4n) is 1.66. The van der Waals surface area contributed by atoms with Gasteiger partial charge in [0.1, 0.15) is 5.60 Å². The second kappa shape index (κ2) is 4.20. The van der Waals surface area contributed by atoms with Crippen molar-refractivity contribution in [1.29, 1.82) is 0 Å². The number of hydrogen-bond donors (Lipinski definition) is 0. The van der Waals surface area contributed by atoms with Crippen molar-refractivity contribution < 1.29 is 14.3 Å². The third-order valence-electron chi connectivity index (χ3n) is 2.40. The predicted octanol–water partition coefficient (Wildman–Crippen LogP) is 1.41. The van der Waals surface area contributed by atoms with Crippen molar-refractivity contribution >= 4 is 5.78 Å². The first-order valence-corrected chi connectivity index (χ1v) is 4.84. The van der Waals surface area contributed by atoms with Crippen molar-refractivity contribution in [3.8, 4) is 0 Å². The minimum absolute atomic E-state index is 0.0431. The van der Waals surface area contributed by atoms with Gasteiger partial charge in [-0.2, -0.15) is 0 Å². The molecule has 1 unspecified atom stereocenters. The molecule has 13 heavy (non-hydrogen) atoms. The summed E-state index contributed by atoms with van der Waals surface area (Å²) in [6.07, 6.45) is 0.843. The minimum Gasteiger partial charge on any atom is -0.381 e. The Balaban J connectivity index is 2.53. The molecular weight excluding hydrogens is 168 g/mol. The lowest BCUT2D eigenvalue weighted by atomic mass is 9.91. The summed E-state index contributed by atoms with van der Waals surface area (Å²) >= 11 is 0.